The summed E-state index contributed by atoms with van der Waals surface area (Å²) in [7, 11) is 0. The molecule has 4 heteroatoms. The molecule has 2 aliphatic rings. The third kappa shape index (κ3) is 6.33. The molecular weight excluding hydrogens is 284 g/mol. The van der Waals surface area contributed by atoms with E-state index < -0.39 is 0 Å². The van der Waals surface area contributed by atoms with Crippen LogP contribution in [-0.4, -0.2) is 84.2 Å². The summed E-state index contributed by atoms with van der Waals surface area (Å²) in [6.45, 7) is 23.6. The summed E-state index contributed by atoms with van der Waals surface area (Å²) in [6, 6.07) is 0.823. The fourth-order valence-corrected chi connectivity index (χ4v) is 3.85. The Bertz CT molecular complexity index is 339. The van der Waals surface area contributed by atoms with Gasteiger partial charge in [0.1, 0.15) is 0 Å². The van der Waals surface area contributed by atoms with Crippen molar-refractivity contribution in [1.29, 1.82) is 0 Å². The van der Waals surface area contributed by atoms with Crippen molar-refractivity contribution in [3.8, 4) is 0 Å². The predicted octanol–water partition coefficient (Wildman–Crippen LogP) is 2.26. The number of nitrogens with zero attached hydrogens (tertiary/aromatic N) is 3. The Morgan fingerprint density at radius 1 is 0.826 bits per heavy atom. The second kappa shape index (κ2) is 7.81. The van der Waals surface area contributed by atoms with Gasteiger partial charge in [-0.25, -0.2) is 0 Å². The number of piperazine rings is 1. The molecule has 0 aromatic heterocycles. The summed E-state index contributed by atoms with van der Waals surface area (Å²) in [4.78, 5) is 8.03. The summed E-state index contributed by atoms with van der Waals surface area (Å²) >= 11 is 0. The highest BCUT2D eigenvalue weighted by Gasteiger charge is 2.30. The average Bonchev–Trinajstić information content (AvgIpc) is 2.46. The zero-order chi connectivity index (χ0) is 17.1. The monoisotopic (exact) mass is 324 g/mol. The lowest BCUT2D eigenvalue weighted by atomic mass is 10.0. The van der Waals surface area contributed by atoms with Gasteiger partial charge in [0, 0.05) is 56.4 Å². The fraction of sp³-hybridized carbons (Fsp3) is 1.00. The lowest BCUT2D eigenvalue weighted by molar-refractivity contribution is 0.0238. The van der Waals surface area contributed by atoms with E-state index in [1.165, 1.54) is 58.7 Å². The second-order valence-corrected chi connectivity index (χ2v) is 9.44. The molecule has 2 heterocycles. The van der Waals surface area contributed by atoms with Crippen LogP contribution in [0.4, 0.5) is 0 Å². The molecule has 0 atom stereocenters. The number of nitrogens with one attached hydrogen (secondary N) is 1. The van der Waals surface area contributed by atoms with Crippen LogP contribution in [0.15, 0.2) is 0 Å². The van der Waals surface area contributed by atoms with Crippen LogP contribution in [0.5, 0.6) is 0 Å². The van der Waals surface area contributed by atoms with Gasteiger partial charge in [0.05, 0.1) is 0 Å². The molecule has 0 aromatic carbocycles. The maximum absolute atomic E-state index is 3.61. The molecule has 0 aliphatic carbocycles. The van der Waals surface area contributed by atoms with Gasteiger partial charge >= 0.3 is 0 Å². The summed E-state index contributed by atoms with van der Waals surface area (Å²) in [5.41, 5.74) is 0.570. The molecular formula is C19H40N4. The van der Waals surface area contributed by atoms with Crippen molar-refractivity contribution in [2.45, 2.75) is 71.5 Å². The number of likely N-dealkylation sites (tertiary alicyclic amines) is 1. The van der Waals surface area contributed by atoms with E-state index >= 15 is 0 Å². The zero-order valence-electron chi connectivity index (χ0n) is 16.5. The zero-order valence-corrected chi connectivity index (χ0v) is 16.5. The van der Waals surface area contributed by atoms with Gasteiger partial charge in [-0.05, 0) is 67.5 Å². The summed E-state index contributed by atoms with van der Waals surface area (Å²) < 4.78 is 0. The topological polar surface area (TPSA) is 21.8 Å². The van der Waals surface area contributed by atoms with Gasteiger partial charge in [-0.2, -0.15) is 0 Å². The van der Waals surface area contributed by atoms with Crippen LogP contribution in [0.25, 0.3) is 0 Å². The summed E-state index contributed by atoms with van der Waals surface area (Å²) in [5.74, 6) is 0. The summed E-state index contributed by atoms with van der Waals surface area (Å²) in [6.07, 6.45) is 2.70. The Morgan fingerprint density at radius 3 is 1.87 bits per heavy atom. The van der Waals surface area contributed by atoms with Crippen LogP contribution in [0, 0.1) is 0 Å². The van der Waals surface area contributed by atoms with E-state index in [0.717, 1.165) is 12.6 Å². The molecule has 0 unspecified atom stereocenters. The minimum Gasteiger partial charge on any atom is -0.311 e. The lowest BCUT2D eigenvalue weighted by Gasteiger charge is -2.46. The number of hydrogen-bond acceptors (Lipinski definition) is 4. The van der Waals surface area contributed by atoms with Crippen LogP contribution < -0.4 is 5.32 Å². The van der Waals surface area contributed by atoms with Crippen molar-refractivity contribution in [2.24, 2.45) is 0 Å². The first-order valence-corrected chi connectivity index (χ1v) is 9.62. The minimum absolute atomic E-state index is 0.241. The second-order valence-electron chi connectivity index (χ2n) is 9.44. The maximum Gasteiger partial charge on any atom is 0.0126 e. The van der Waals surface area contributed by atoms with Crippen molar-refractivity contribution in [3.63, 3.8) is 0 Å². The molecule has 0 amide bonds. The van der Waals surface area contributed by atoms with E-state index in [0.29, 0.717) is 5.54 Å². The van der Waals surface area contributed by atoms with E-state index in [1.807, 2.05) is 0 Å². The number of hydrogen-bond donors (Lipinski definition) is 1. The van der Waals surface area contributed by atoms with Gasteiger partial charge in [0.2, 0.25) is 0 Å². The van der Waals surface area contributed by atoms with E-state index in [1.54, 1.807) is 0 Å². The first-order valence-electron chi connectivity index (χ1n) is 9.62. The molecule has 2 rings (SSSR count). The molecule has 0 spiro atoms. The van der Waals surface area contributed by atoms with E-state index in [9.17, 15) is 0 Å². The largest absolute Gasteiger partial charge is 0.311 e. The number of piperidine rings is 1. The van der Waals surface area contributed by atoms with Crippen LogP contribution in [0.3, 0.4) is 0 Å². The van der Waals surface area contributed by atoms with Gasteiger partial charge in [-0.3, -0.25) is 9.80 Å². The Hall–Kier alpha value is -0.160. The lowest BCUT2D eigenvalue weighted by Crippen LogP contribution is -2.57. The SMILES string of the molecule is CC(C)(C)NCCN1CCC(N2CCN(C(C)(C)C)CC2)CC1. The molecule has 0 radical (unpaired) electrons. The van der Waals surface area contributed by atoms with Crippen molar-refractivity contribution < 1.29 is 0 Å². The highest BCUT2D eigenvalue weighted by atomic mass is 15.3. The Labute approximate surface area is 144 Å². The molecule has 2 saturated heterocycles. The molecule has 2 aliphatic heterocycles. The molecule has 0 aromatic rings. The molecule has 0 bridgehead atoms. The Balaban J connectivity index is 1.65. The predicted molar refractivity (Wildman–Crippen MR) is 100 cm³/mol. The maximum atomic E-state index is 3.61. The Kier molecular flexibility index (Phi) is 6.51. The van der Waals surface area contributed by atoms with Crippen molar-refractivity contribution in [2.75, 3.05) is 52.4 Å². The molecule has 1 N–H and O–H groups in total. The van der Waals surface area contributed by atoms with E-state index in [-0.39, 0.29) is 5.54 Å². The van der Waals surface area contributed by atoms with Gasteiger partial charge in [0.25, 0.3) is 0 Å². The van der Waals surface area contributed by atoms with E-state index in [2.05, 4.69) is 61.6 Å². The van der Waals surface area contributed by atoms with Crippen LogP contribution in [-0.2, 0) is 0 Å². The van der Waals surface area contributed by atoms with Gasteiger partial charge in [-0.15, -0.1) is 0 Å². The minimum atomic E-state index is 0.241. The van der Waals surface area contributed by atoms with Crippen LogP contribution >= 0.6 is 0 Å². The van der Waals surface area contributed by atoms with E-state index in [4.69, 9.17) is 0 Å². The van der Waals surface area contributed by atoms with Crippen molar-refractivity contribution in [3.05, 3.63) is 0 Å². The highest BCUT2D eigenvalue weighted by Crippen LogP contribution is 2.21. The molecule has 136 valence electrons. The first kappa shape index (κ1) is 19.2. The quantitative estimate of drug-likeness (QED) is 0.856. The molecule has 4 nitrogen and oxygen atoms in total. The average molecular weight is 325 g/mol. The third-order valence-corrected chi connectivity index (χ3v) is 5.42. The van der Waals surface area contributed by atoms with Crippen LogP contribution in [0.2, 0.25) is 0 Å². The van der Waals surface area contributed by atoms with Gasteiger partial charge in [0.15, 0.2) is 0 Å². The normalized spacial score (nSPS) is 24.3. The smallest absolute Gasteiger partial charge is 0.0126 e. The van der Waals surface area contributed by atoms with Crippen molar-refractivity contribution >= 4 is 0 Å². The summed E-state index contributed by atoms with van der Waals surface area (Å²) in [5, 5.41) is 3.61. The van der Waals surface area contributed by atoms with Gasteiger partial charge in [-0.1, -0.05) is 0 Å². The van der Waals surface area contributed by atoms with Crippen LogP contribution in [0.1, 0.15) is 54.4 Å². The first-order chi connectivity index (χ1) is 10.6. The Morgan fingerprint density at radius 2 is 1.39 bits per heavy atom. The molecule has 2 fully saturated rings. The molecule has 23 heavy (non-hydrogen) atoms. The highest BCUT2D eigenvalue weighted by molar-refractivity contribution is 4.87. The number of rotatable bonds is 4. The third-order valence-electron chi connectivity index (χ3n) is 5.42. The standard InChI is InChI=1S/C19H40N4/c1-18(2,3)20-9-12-21-10-7-17(8-11-21)22-13-15-23(16-14-22)19(4,5)6/h17,20H,7-16H2,1-6H3. The van der Waals surface area contributed by atoms with Gasteiger partial charge < -0.3 is 10.2 Å². The van der Waals surface area contributed by atoms with Crippen molar-refractivity contribution in [1.82, 2.24) is 20.0 Å². The molecule has 0 saturated carbocycles. The fourth-order valence-electron chi connectivity index (χ4n) is 3.85.